The maximum Gasteiger partial charge on any atom is 0.337 e. The van der Waals surface area contributed by atoms with Gasteiger partial charge in [0.25, 0.3) is 0 Å². The second-order valence-electron chi connectivity index (χ2n) is 4.08. The van der Waals surface area contributed by atoms with Crippen molar-refractivity contribution in [2.24, 2.45) is 5.10 Å². The molecule has 104 valence electrons. The van der Waals surface area contributed by atoms with Crippen LogP contribution in [0.2, 0.25) is 5.02 Å². The van der Waals surface area contributed by atoms with E-state index in [9.17, 15) is 4.79 Å². The molecule has 2 N–H and O–H groups in total. The van der Waals surface area contributed by atoms with Crippen molar-refractivity contribution in [3.8, 4) is 0 Å². The molecule has 0 saturated carbocycles. The van der Waals surface area contributed by atoms with Crippen molar-refractivity contribution in [2.45, 2.75) is 13.8 Å². The molecule has 0 aliphatic carbocycles. The Balaban J connectivity index is 2.21. The molecule has 0 spiro atoms. The number of hydrogen-bond donors (Lipinski definition) is 2. The molecule has 1 heterocycles. The number of carboxylic acid groups (broad SMARTS) is 1. The lowest BCUT2D eigenvalue weighted by molar-refractivity contribution is 0.0697. The molecule has 1 aromatic carbocycles. The van der Waals surface area contributed by atoms with Crippen molar-refractivity contribution < 1.29 is 9.90 Å². The Hall–Kier alpha value is -1.92. The van der Waals surface area contributed by atoms with Gasteiger partial charge in [0.1, 0.15) is 0 Å². The van der Waals surface area contributed by atoms with E-state index in [1.54, 1.807) is 11.6 Å². The van der Waals surface area contributed by atoms with E-state index in [1.165, 1.54) is 23.5 Å². The minimum Gasteiger partial charge on any atom is -0.478 e. The number of aromatic carboxylic acids is 1. The number of halogens is 1. The molecule has 0 radical (unpaired) electrons. The Bertz CT molecular complexity index is 682. The fourth-order valence-electron chi connectivity index (χ4n) is 1.61. The van der Waals surface area contributed by atoms with Gasteiger partial charge < -0.3 is 5.11 Å². The molecule has 7 heteroatoms. The summed E-state index contributed by atoms with van der Waals surface area (Å²) >= 11 is 7.31. The Labute approximate surface area is 124 Å². The summed E-state index contributed by atoms with van der Waals surface area (Å²) in [7, 11) is 0. The number of thiazole rings is 1. The third-order valence-electron chi connectivity index (χ3n) is 2.62. The van der Waals surface area contributed by atoms with Gasteiger partial charge in [-0.2, -0.15) is 5.10 Å². The number of carboxylic acids is 1. The van der Waals surface area contributed by atoms with Crippen LogP contribution in [0, 0.1) is 6.92 Å². The summed E-state index contributed by atoms with van der Waals surface area (Å²) in [6, 6.07) is 4.64. The Morgan fingerprint density at radius 1 is 1.50 bits per heavy atom. The zero-order chi connectivity index (χ0) is 14.7. The van der Waals surface area contributed by atoms with Crippen LogP contribution in [0.3, 0.4) is 0 Å². The minimum atomic E-state index is -1.07. The number of benzene rings is 1. The monoisotopic (exact) mass is 309 g/mol. The van der Waals surface area contributed by atoms with E-state index < -0.39 is 5.97 Å². The second-order valence-corrected chi connectivity index (χ2v) is 5.34. The number of carbonyl (C=O) groups is 1. The third kappa shape index (κ3) is 3.15. The van der Waals surface area contributed by atoms with Gasteiger partial charge in [-0.25, -0.2) is 9.78 Å². The molecule has 0 bridgehead atoms. The van der Waals surface area contributed by atoms with Gasteiger partial charge in [-0.1, -0.05) is 11.6 Å². The van der Waals surface area contributed by atoms with Gasteiger partial charge in [-0.15, -0.1) is 11.3 Å². The van der Waals surface area contributed by atoms with Gasteiger partial charge in [-0.05, 0) is 32.0 Å². The highest BCUT2D eigenvalue weighted by Crippen LogP contribution is 2.21. The predicted octanol–water partition coefficient (Wildman–Crippen LogP) is 3.64. The van der Waals surface area contributed by atoms with Gasteiger partial charge in [0, 0.05) is 0 Å². The number of hydrogen-bond acceptors (Lipinski definition) is 5. The maximum absolute atomic E-state index is 11.0. The summed E-state index contributed by atoms with van der Waals surface area (Å²) in [4.78, 5) is 16.1. The van der Waals surface area contributed by atoms with Crippen LogP contribution >= 0.6 is 22.9 Å². The van der Waals surface area contributed by atoms with E-state index >= 15 is 0 Å². The average molecular weight is 310 g/mol. The van der Waals surface area contributed by atoms with Crippen LogP contribution in [-0.4, -0.2) is 21.8 Å². The quantitative estimate of drug-likeness (QED) is 0.668. The fraction of sp³-hybridized carbons (Fsp3) is 0.154. The molecule has 0 fully saturated rings. The van der Waals surface area contributed by atoms with Crippen molar-refractivity contribution >= 4 is 40.3 Å². The first-order chi connectivity index (χ1) is 9.49. The van der Waals surface area contributed by atoms with Crippen LogP contribution in [0.5, 0.6) is 0 Å². The van der Waals surface area contributed by atoms with E-state index in [1.807, 2.05) is 13.8 Å². The molecule has 5 nitrogen and oxygen atoms in total. The minimum absolute atomic E-state index is 0.0403. The van der Waals surface area contributed by atoms with Gasteiger partial charge >= 0.3 is 5.97 Å². The smallest absolute Gasteiger partial charge is 0.337 e. The van der Waals surface area contributed by atoms with E-state index in [-0.39, 0.29) is 10.6 Å². The first-order valence-corrected chi connectivity index (χ1v) is 6.98. The second kappa shape index (κ2) is 6.02. The lowest BCUT2D eigenvalue weighted by atomic mass is 10.2. The van der Waals surface area contributed by atoms with Gasteiger partial charge in [0.15, 0.2) is 0 Å². The fourth-order valence-corrected chi connectivity index (χ4v) is 2.56. The molecule has 1 aromatic heterocycles. The third-order valence-corrected chi connectivity index (χ3v) is 3.99. The number of aromatic nitrogens is 1. The van der Waals surface area contributed by atoms with E-state index in [2.05, 4.69) is 15.5 Å². The molecule has 0 unspecified atom stereocenters. The normalized spacial score (nSPS) is 11.4. The number of nitrogens with one attached hydrogen (secondary N) is 1. The SMILES string of the molecule is C/C(=N\Nc1ccc(Cl)c(C(=O)O)c1)c1scnc1C. The van der Waals surface area contributed by atoms with Crippen LogP contribution in [0.4, 0.5) is 5.69 Å². The lowest BCUT2D eigenvalue weighted by Gasteiger charge is -2.05. The Kier molecular flexibility index (Phi) is 4.36. The number of anilines is 1. The molecule has 0 saturated heterocycles. The maximum atomic E-state index is 11.0. The summed E-state index contributed by atoms with van der Waals surface area (Å²) in [5, 5.41) is 13.4. The van der Waals surface area contributed by atoms with Crippen LogP contribution < -0.4 is 5.43 Å². The lowest BCUT2D eigenvalue weighted by Crippen LogP contribution is -2.02. The molecule has 0 amide bonds. The molecule has 2 aromatic rings. The number of nitrogens with zero attached hydrogens (tertiary/aromatic N) is 2. The first kappa shape index (κ1) is 14.5. The molecule has 0 aliphatic heterocycles. The first-order valence-electron chi connectivity index (χ1n) is 5.72. The van der Waals surface area contributed by atoms with Gasteiger partial charge in [-0.3, -0.25) is 5.43 Å². The van der Waals surface area contributed by atoms with Crippen LogP contribution in [0.15, 0.2) is 28.8 Å². The largest absolute Gasteiger partial charge is 0.478 e. The van der Waals surface area contributed by atoms with Crippen molar-refractivity contribution in [2.75, 3.05) is 5.43 Å². The molecule has 0 atom stereocenters. The number of rotatable bonds is 4. The summed E-state index contributed by atoms with van der Waals surface area (Å²) in [6.07, 6.45) is 0. The van der Waals surface area contributed by atoms with Crippen molar-refractivity contribution in [3.05, 3.63) is 44.9 Å². The molecule has 0 aliphatic rings. The molecular formula is C13H12ClN3O2S. The Morgan fingerprint density at radius 3 is 2.85 bits per heavy atom. The number of aryl methyl sites for hydroxylation is 1. The van der Waals surface area contributed by atoms with E-state index in [0.717, 1.165) is 16.3 Å². The van der Waals surface area contributed by atoms with Crippen molar-refractivity contribution in [1.82, 2.24) is 4.98 Å². The zero-order valence-electron chi connectivity index (χ0n) is 10.8. The van der Waals surface area contributed by atoms with Crippen molar-refractivity contribution in [3.63, 3.8) is 0 Å². The predicted molar refractivity (Wildman–Crippen MR) is 81.1 cm³/mol. The van der Waals surface area contributed by atoms with Crippen LogP contribution in [-0.2, 0) is 0 Å². The molecular weight excluding hydrogens is 298 g/mol. The van der Waals surface area contributed by atoms with E-state index in [0.29, 0.717) is 5.69 Å². The standard InChI is InChI=1S/C13H12ClN3O2S/c1-7-12(20-6-15-7)8(2)16-17-9-3-4-11(14)10(5-9)13(18)19/h3-6,17H,1-2H3,(H,18,19)/b16-8+. The molecule has 20 heavy (non-hydrogen) atoms. The summed E-state index contributed by atoms with van der Waals surface area (Å²) < 4.78 is 0. The van der Waals surface area contributed by atoms with Gasteiger partial charge in [0.2, 0.25) is 0 Å². The highest BCUT2D eigenvalue weighted by atomic mass is 35.5. The summed E-state index contributed by atoms with van der Waals surface area (Å²) in [6.45, 7) is 3.78. The summed E-state index contributed by atoms with van der Waals surface area (Å²) in [5.41, 5.74) is 6.89. The van der Waals surface area contributed by atoms with E-state index in [4.69, 9.17) is 16.7 Å². The zero-order valence-corrected chi connectivity index (χ0v) is 12.4. The number of hydrazone groups is 1. The topological polar surface area (TPSA) is 74.6 Å². The highest BCUT2D eigenvalue weighted by molar-refractivity contribution is 7.12. The molecule has 2 rings (SSSR count). The summed E-state index contributed by atoms with van der Waals surface area (Å²) in [5.74, 6) is -1.07. The Morgan fingerprint density at radius 2 is 2.25 bits per heavy atom. The van der Waals surface area contributed by atoms with Gasteiger partial charge in [0.05, 0.1) is 38.1 Å². The van der Waals surface area contributed by atoms with Crippen LogP contribution in [0.25, 0.3) is 0 Å². The van der Waals surface area contributed by atoms with Crippen molar-refractivity contribution in [1.29, 1.82) is 0 Å². The average Bonchev–Trinajstić information content (AvgIpc) is 2.83. The highest BCUT2D eigenvalue weighted by Gasteiger charge is 2.09. The van der Waals surface area contributed by atoms with Crippen LogP contribution in [0.1, 0.15) is 27.9 Å².